The smallest absolute Gasteiger partial charge is 0.398 e. The molecule has 6 nitrogen and oxygen atoms in total. The molecule has 0 radical (unpaired) electrons. The maximum absolute atomic E-state index is 13.1. The molecule has 0 saturated carbocycles. The van der Waals surface area contributed by atoms with Crippen LogP contribution < -0.4 is 16.8 Å². The van der Waals surface area contributed by atoms with Gasteiger partial charge in [-0.2, -0.15) is 13.2 Å². The van der Waals surface area contributed by atoms with Crippen LogP contribution in [0, 0.1) is 10.8 Å². The number of alkyl halides is 3. The Hall–Kier alpha value is -2.94. The van der Waals surface area contributed by atoms with E-state index in [-0.39, 0.29) is 5.69 Å². The molecule has 0 atom stereocenters. The zero-order valence-corrected chi connectivity index (χ0v) is 13.7. The second kappa shape index (κ2) is 6.41. The Morgan fingerprint density at radius 3 is 2.58 bits per heavy atom. The van der Waals surface area contributed by atoms with E-state index in [4.69, 9.17) is 22.3 Å². The number of fused-ring (bicyclic) bond motifs is 3. The minimum Gasteiger partial charge on any atom is -0.398 e. The molecule has 2 heterocycles. The lowest BCUT2D eigenvalue weighted by Crippen LogP contribution is -2.27. The van der Waals surface area contributed by atoms with Crippen LogP contribution in [0.2, 0.25) is 0 Å². The van der Waals surface area contributed by atoms with E-state index in [0.29, 0.717) is 53.4 Å². The van der Waals surface area contributed by atoms with E-state index in [2.05, 4.69) is 10.3 Å². The third kappa shape index (κ3) is 2.80. The average molecular weight is 362 g/mol. The van der Waals surface area contributed by atoms with Gasteiger partial charge in [-0.15, -0.1) is 0 Å². The second-order valence-corrected chi connectivity index (χ2v) is 5.92. The van der Waals surface area contributed by atoms with Crippen molar-refractivity contribution in [2.45, 2.75) is 19.1 Å². The summed E-state index contributed by atoms with van der Waals surface area (Å²) in [6.45, 7) is 0.929. The zero-order chi connectivity index (χ0) is 19.1. The van der Waals surface area contributed by atoms with Gasteiger partial charge in [0.05, 0.1) is 11.2 Å². The molecule has 0 spiro atoms. The number of anilines is 1. The molecular weight excluding hydrogens is 345 g/mol. The van der Waals surface area contributed by atoms with E-state index < -0.39 is 17.4 Å². The molecule has 0 saturated heterocycles. The van der Waals surface area contributed by atoms with Crippen LogP contribution in [0.3, 0.4) is 0 Å². The minimum absolute atomic E-state index is 0.0326. The molecule has 1 aliphatic rings. The normalized spacial score (nSPS) is 15.3. The summed E-state index contributed by atoms with van der Waals surface area (Å²) in [5.41, 5.74) is 12.1. The first kappa shape index (κ1) is 17.9. The molecule has 3 rings (SSSR count). The molecule has 1 aliphatic heterocycles. The molecule has 1 aromatic carbocycles. The highest BCUT2D eigenvalue weighted by Gasteiger charge is 2.35. The molecule has 2 aromatic rings. The maximum atomic E-state index is 13.1. The van der Waals surface area contributed by atoms with Crippen molar-refractivity contribution in [3.63, 3.8) is 0 Å². The predicted molar refractivity (Wildman–Crippen MR) is 95.4 cm³/mol. The van der Waals surface area contributed by atoms with Crippen LogP contribution in [0.15, 0.2) is 17.8 Å². The number of hydrogen-bond acceptors (Lipinski definition) is 6. The summed E-state index contributed by atoms with van der Waals surface area (Å²) in [4.78, 5) is 4.36. The first-order chi connectivity index (χ1) is 12.3. The molecule has 7 N–H and O–H groups in total. The number of nitrogens with one attached hydrogen (secondary N) is 3. The van der Waals surface area contributed by atoms with Crippen LogP contribution in [0.5, 0.6) is 0 Å². The van der Waals surface area contributed by atoms with Crippen molar-refractivity contribution in [2.24, 2.45) is 5.73 Å². The summed E-state index contributed by atoms with van der Waals surface area (Å²) < 4.78 is 39.3. The first-order valence-electron chi connectivity index (χ1n) is 7.82. The number of aromatic nitrogens is 1. The Bertz CT molecular complexity index is 946. The van der Waals surface area contributed by atoms with Gasteiger partial charge in [-0.05, 0) is 36.2 Å². The molecule has 0 fully saturated rings. The third-order valence-electron chi connectivity index (χ3n) is 4.43. The largest absolute Gasteiger partial charge is 0.431 e. The maximum Gasteiger partial charge on any atom is 0.431 e. The number of nitrogen functional groups attached to an aromatic ring is 1. The predicted octanol–water partition coefficient (Wildman–Crippen LogP) is 2.34. The van der Waals surface area contributed by atoms with E-state index in [1.807, 2.05) is 0 Å². The monoisotopic (exact) mass is 362 g/mol. The SMILES string of the molecule is N=CC(=C(N)C(F)(F)F)c1nc2ccc(N)c(C=N)c2c2c1CNCC2. The van der Waals surface area contributed by atoms with Crippen molar-refractivity contribution in [2.75, 3.05) is 12.3 Å². The van der Waals surface area contributed by atoms with Gasteiger partial charge in [-0.1, -0.05) is 0 Å². The Morgan fingerprint density at radius 2 is 1.96 bits per heavy atom. The van der Waals surface area contributed by atoms with Crippen LogP contribution in [-0.2, 0) is 13.0 Å². The number of nitrogens with two attached hydrogens (primary N) is 2. The molecule has 26 heavy (non-hydrogen) atoms. The highest BCUT2D eigenvalue weighted by Crippen LogP contribution is 2.35. The van der Waals surface area contributed by atoms with E-state index in [1.54, 1.807) is 12.1 Å². The van der Waals surface area contributed by atoms with E-state index in [1.165, 1.54) is 0 Å². The van der Waals surface area contributed by atoms with Gasteiger partial charge in [0.25, 0.3) is 0 Å². The molecule has 136 valence electrons. The van der Waals surface area contributed by atoms with Crippen molar-refractivity contribution >= 4 is 34.6 Å². The molecule has 0 unspecified atom stereocenters. The third-order valence-corrected chi connectivity index (χ3v) is 4.43. The summed E-state index contributed by atoms with van der Waals surface area (Å²) in [5.74, 6) is 0. The van der Waals surface area contributed by atoms with Crippen molar-refractivity contribution in [1.82, 2.24) is 10.3 Å². The van der Waals surface area contributed by atoms with Crippen LogP contribution >= 0.6 is 0 Å². The highest BCUT2D eigenvalue weighted by atomic mass is 19.4. The lowest BCUT2D eigenvalue weighted by Gasteiger charge is -2.24. The number of rotatable bonds is 3. The topological polar surface area (TPSA) is 125 Å². The fourth-order valence-electron chi connectivity index (χ4n) is 3.21. The van der Waals surface area contributed by atoms with Crippen molar-refractivity contribution < 1.29 is 13.2 Å². The number of benzene rings is 1. The van der Waals surface area contributed by atoms with Crippen LogP contribution in [-0.4, -0.2) is 30.1 Å². The number of pyridine rings is 1. The summed E-state index contributed by atoms with van der Waals surface area (Å²) in [6, 6.07) is 3.17. The number of allylic oxidation sites excluding steroid dienone is 2. The fourth-order valence-corrected chi connectivity index (χ4v) is 3.21. The lowest BCUT2D eigenvalue weighted by molar-refractivity contribution is -0.0919. The average Bonchev–Trinajstić information content (AvgIpc) is 2.61. The van der Waals surface area contributed by atoms with Crippen LogP contribution in [0.4, 0.5) is 18.9 Å². The lowest BCUT2D eigenvalue weighted by atomic mass is 9.90. The van der Waals surface area contributed by atoms with E-state index >= 15 is 0 Å². The molecule has 9 heteroatoms. The van der Waals surface area contributed by atoms with Gasteiger partial charge in [0.1, 0.15) is 5.70 Å². The summed E-state index contributed by atoms with van der Waals surface area (Å²) in [5, 5.41) is 18.9. The Kier molecular flexibility index (Phi) is 4.41. The first-order valence-corrected chi connectivity index (χ1v) is 7.82. The molecule has 0 aliphatic carbocycles. The standard InChI is InChI=1S/C17H17F3N6/c18-17(19,20)16(24)10(6-22)15-11-7-25-4-3-8(11)14-9(5-21)12(23)1-2-13(14)26-15/h1-2,5-6,21-22,25H,3-4,7,23-24H2. The second-order valence-electron chi connectivity index (χ2n) is 5.92. The van der Waals surface area contributed by atoms with Gasteiger partial charge >= 0.3 is 6.18 Å². The summed E-state index contributed by atoms with van der Waals surface area (Å²) >= 11 is 0. The summed E-state index contributed by atoms with van der Waals surface area (Å²) in [6.07, 6.45) is -2.51. The van der Waals surface area contributed by atoms with Crippen molar-refractivity contribution in [3.8, 4) is 0 Å². The van der Waals surface area contributed by atoms with Gasteiger partial charge in [-0.25, -0.2) is 4.98 Å². The Balaban J connectivity index is 2.44. The number of halogens is 3. The Labute approximate surface area is 147 Å². The van der Waals surface area contributed by atoms with Gasteiger partial charge in [-0.3, -0.25) is 0 Å². The zero-order valence-electron chi connectivity index (χ0n) is 13.7. The van der Waals surface area contributed by atoms with Gasteiger partial charge < -0.3 is 27.6 Å². The van der Waals surface area contributed by atoms with Crippen LogP contribution in [0.25, 0.3) is 16.5 Å². The van der Waals surface area contributed by atoms with Gasteiger partial charge in [0, 0.05) is 41.2 Å². The molecule has 0 amide bonds. The molecular formula is C17H17F3N6. The van der Waals surface area contributed by atoms with E-state index in [9.17, 15) is 13.2 Å². The van der Waals surface area contributed by atoms with Gasteiger partial charge in [0.15, 0.2) is 0 Å². The fraction of sp³-hybridized carbons (Fsp3) is 0.235. The molecule has 0 bridgehead atoms. The number of nitrogens with zero attached hydrogens (tertiary/aromatic N) is 1. The quantitative estimate of drug-likeness (QED) is 0.424. The van der Waals surface area contributed by atoms with Crippen molar-refractivity contribution in [3.05, 3.63) is 40.2 Å². The number of hydrogen-bond donors (Lipinski definition) is 5. The van der Waals surface area contributed by atoms with E-state index in [0.717, 1.165) is 11.8 Å². The minimum atomic E-state index is -4.76. The molecule has 1 aromatic heterocycles. The highest BCUT2D eigenvalue weighted by molar-refractivity contribution is 6.11. The van der Waals surface area contributed by atoms with Gasteiger partial charge in [0.2, 0.25) is 0 Å². The van der Waals surface area contributed by atoms with Crippen molar-refractivity contribution in [1.29, 1.82) is 10.8 Å². The Morgan fingerprint density at radius 1 is 1.23 bits per heavy atom. The summed E-state index contributed by atoms with van der Waals surface area (Å²) in [7, 11) is 0. The van der Waals surface area contributed by atoms with Crippen LogP contribution in [0.1, 0.15) is 22.4 Å².